The van der Waals surface area contributed by atoms with Crippen molar-refractivity contribution in [2.75, 3.05) is 37.1 Å². The van der Waals surface area contributed by atoms with Gasteiger partial charge in [0.2, 0.25) is 18.6 Å². The summed E-state index contributed by atoms with van der Waals surface area (Å²) in [6.45, 7) is 3.21. The van der Waals surface area contributed by atoms with Crippen LogP contribution in [0.5, 0.6) is 11.5 Å². The Labute approximate surface area is 254 Å². The van der Waals surface area contributed by atoms with Crippen LogP contribution in [-0.4, -0.2) is 59.9 Å². The number of rotatable bonds is 7. The van der Waals surface area contributed by atoms with Gasteiger partial charge in [0.15, 0.2) is 11.5 Å². The van der Waals surface area contributed by atoms with E-state index in [0.29, 0.717) is 30.5 Å². The third kappa shape index (κ3) is 5.36. The summed E-state index contributed by atoms with van der Waals surface area (Å²) in [6, 6.07) is 23.8. The summed E-state index contributed by atoms with van der Waals surface area (Å²) in [6.07, 6.45) is 1.92. The fourth-order valence-electron chi connectivity index (χ4n) is 5.87. The van der Waals surface area contributed by atoms with Crippen molar-refractivity contribution in [1.29, 1.82) is 0 Å². The Morgan fingerprint density at radius 2 is 1.86 bits per heavy atom. The molecular weight excluding hydrogens is 564 g/mol. The van der Waals surface area contributed by atoms with Crippen molar-refractivity contribution in [2.24, 2.45) is 0 Å². The van der Waals surface area contributed by atoms with Crippen LogP contribution in [0, 0.1) is 6.92 Å². The average Bonchev–Trinajstić information content (AvgIpc) is 3.78. The zero-order chi connectivity index (χ0) is 29.3. The van der Waals surface area contributed by atoms with E-state index in [0.717, 1.165) is 46.5 Å². The first kappa shape index (κ1) is 27.5. The van der Waals surface area contributed by atoms with Gasteiger partial charge in [0.25, 0.3) is 0 Å². The molecule has 3 aliphatic rings. The lowest BCUT2D eigenvalue weighted by atomic mass is 9.99. The Morgan fingerprint density at radius 1 is 1.05 bits per heavy atom. The number of fused-ring (bicyclic) bond motifs is 2. The molecule has 3 aliphatic heterocycles. The van der Waals surface area contributed by atoms with E-state index in [2.05, 4.69) is 5.32 Å². The van der Waals surface area contributed by atoms with Crippen molar-refractivity contribution in [3.05, 3.63) is 89.5 Å². The molecule has 0 bridgehead atoms. The third-order valence-electron chi connectivity index (χ3n) is 8.03. The number of aryl methyl sites for hydroxylation is 1. The van der Waals surface area contributed by atoms with Crippen LogP contribution in [0.3, 0.4) is 0 Å². The number of nitrogens with zero attached hydrogens (tertiary/aromatic N) is 3. The number of anilines is 1. The summed E-state index contributed by atoms with van der Waals surface area (Å²) in [7, 11) is 0. The molecule has 1 aromatic heterocycles. The van der Waals surface area contributed by atoms with Crippen molar-refractivity contribution in [3.8, 4) is 28.4 Å². The van der Waals surface area contributed by atoms with E-state index >= 15 is 0 Å². The van der Waals surface area contributed by atoms with Gasteiger partial charge in [-0.15, -0.1) is 11.8 Å². The summed E-state index contributed by atoms with van der Waals surface area (Å²) < 4.78 is 18.8. The molecule has 0 radical (unpaired) electrons. The molecule has 1 saturated heterocycles. The summed E-state index contributed by atoms with van der Waals surface area (Å²) >= 11 is 1.53. The van der Waals surface area contributed by atoms with E-state index in [-0.39, 0.29) is 42.3 Å². The second-order valence-corrected chi connectivity index (χ2v) is 12.0. The molecule has 4 heterocycles. The number of ether oxygens (including phenoxy) is 3. The molecule has 220 valence electrons. The van der Waals surface area contributed by atoms with Crippen molar-refractivity contribution >= 4 is 29.4 Å². The van der Waals surface area contributed by atoms with Crippen LogP contribution in [-0.2, 0) is 14.3 Å². The molecule has 9 nitrogen and oxygen atoms in total. The molecule has 0 spiro atoms. The van der Waals surface area contributed by atoms with Crippen molar-refractivity contribution in [1.82, 2.24) is 15.1 Å². The quantitative estimate of drug-likeness (QED) is 0.319. The van der Waals surface area contributed by atoms with Crippen LogP contribution in [0.1, 0.15) is 34.8 Å². The number of carbonyl (C=O) groups is 2. The largest absolute Gasteiger partial charge is 0.454 e. The number of amides is 2. The predicted molar refractivity (Wildman–Crippen MR) is 165 cm³/mol. The molecule has 3 aromatic carbocycles. The molecular formula is C33H32N4O5S. The van der Waals surface area contributed by atoms with Gasteiger partial charge in [-0.2, -0.15) is 5.10 Å². The highest BCUT2D eigenvalue weighted by atomic mass is 32.2. The Morgan fingerprint density at radius 3 is 2.67 bits per heavy atom. The normalized spacial score (nSPS) is 19.3. The first-order valence-corrected chi connectivity index (χ1v) is 15.6. The highest BCUT2D eigenvalue weighted by Crippen LogP contribution is 2.50. The topological polar surface area (TPSA) is 94.9 Å². The van der Waals surface area contributed by atoms with E-state index in [1.54, 1.807) is 4.90 Å². The molecule has 10 heteroatoms. The average molecular weight is 597 g/mol. The van der Waals surface area contributed by atoms with Gasteiger partial charge in [-0.25, -0.2) is 4.68 Å². The Hall–Kier alpha value is -4.28. The number of hydrogen-bond donors (Lipinski definition) is 1. The van der Waals surface area contributed by atoms with E-state index in [1.807, 2.05) is 84.4 Å². The van der Waals surface area contributed by atoms with Gasteiger partial charge in [-0.3, -0.25) is 14.5 Å². The second-order valence-electron chi connectivity index (χ2n) is 10.9. The van der Waals surface area contributed by atoms with E-state index in [4.69, 9.17) is 19.3 Å². The van der Waals surface area contributed by atoms with Crippen LogP contribution in [0.2, 0.25) is 0 Å². The summed E-state index contributed by atoms with van der Waals surface area (Å²) in [5.41, 5.74) is 5.36. The SMILES string of the molecule is Cc1ccccc1-n1nc(-c2ccccc2)c2c1N(CC(=O)NC[C@@H]1CCCO1)C(=O)CS[C@H]2c1ccc2c(c1)OCO2. The number of hydrogen-bond acceptors (Lipinski definition) is 7. The molecule has 1 N–H and O–H groups in total. The molecule has 0 unspecified atom stereocenters. The predicted octanol–water partition coefficient (Wildman–Crippen LogP) is 5.04. The maximum Gasteiger partial charge on any atom is 0.240 e. The highest BCUT2D eigenvalue weighted by molar-refractivity contribution is 8.00. The fraction of sp³-hybridized carbons (Fsp3) is 0.303. The highest BCUT2D eigenvalue weighted by Gasteiger charge is 2.38. The second kappa shape index (κ2) is 11.8. The van der Waals surface area contributed by atoms with Crippen LogP contribution >= 0.6 is 11.8 Å². The minimum absolute atomic E-state index is 0.00692. The van der Waals surface area contributed by atoms with Crippen molar-refractivity contribution in [3.63, 3.8) is 0 Å². The monoisotopic (exact) mass is 596 g/mol. The van der Waals surface area contributed by atoms with Gasteiger partial charge in [0, 0.05) is 24.3 Å². The van der Waals surface area contributed by atoms with Gasteiger partial charge < -0.3 is 19.5 Å². The Kier molecular flexibility index (Phi) is 7.54. The van der Waals surface area contributed by atoms with Gasteiger partial charge in [-0.05, 0) is 49.1 Å². The minimum Gasteiger partial charge on any atom is -0.454 e. The standard InChI is InChI=1S/C33H32N4O5S/c1-21-8-5-6-12-25(21)37-33-30(31(35-37)22-9-3-2-4-10-22)32(23-13-14-26-27(16-23)42-20-41-26)43-19-29(39)36(33)18-28(38)34-17-24-11-7-15-40-24/h2-6,8-10,12-14,16,24,32H,7,11,15,17-20H2,1H3,(H,34,38)/t24-,32-/m0/s1. The van der Waals surface area contributed by atoms with Crippen LogP contribution in [0.25, 0.3) is 16.9 Å². The minimum atomic E-state index is -0.263. The first-order valence-electron chi connectivity index (χ1n) is 14.5. The van der Waals surface area contributed by atoms with Crippen molar-refractivity contribution < 1.29 is 23.8 Å². The van der Waals surface area contributed by atoms with Gasteiger partial charge in [0.05, 0.1) is 28.5 Å². The molecule has 43 heavy (non-hydrogen) atoms. The Bertz CT molecular complexity index is 1670. The van der Waals surface area contributed by atoms with Crippen LogP contribution in [0.15, 0.2) is 72.8 Å². The zero-order valence-electron chi connectivity index (χ0n) is 23.8. The number of benzene rings is 3. The zero-order valence-corrected chi connectivity index (χ0v) is 24.6. The van der Waals surface area contributed by atoms with Crippen LogP contribution < -0.4 is 19.7 Å². The van der Waals surface area contributed by atoms with E-state index in [9.17, 15) is 9.59 Å². The third-order valence-corrected chi connectivity index (χ3v) is 9.29. The van der Waals surface area contributed by atoms with Gasteiger partial charge >= 0.3 is 0 Å². The number of nitrogens with one attached hydrogen (secondary N) is 1. The van der Waals surface area contributed by atoms with Gasteiger partial charge in [-0.1, -0.05) is 54.6 Å². The molecule has 1 fully saturated rings. The molecule has 7 rings (SSSR count). The maximum atomic E-state index is 14.0. The van der Waals surface area contributed by atoms with Crippen LogP contribution in [0.4, 0.5) is 5.82 Å². The lowest BCUT2D eigenvalue weighted by Crippen LogP contribution is -2.44. The summed E-state index contributed by atoms with van der Waals surface area (Å²) in [5.74, 6) is 1.76. The summed E-state index contributed by atoms with van der Waals surface area (Å²) in [5, 5.41) is 7.92. The lowest BCUT2D eigenvalue weighted by Gasteiger charge is -2.24. The number of carbonyl (C=O) groups excluding carboxylic acids is 2. The molecule has 2 atom stereocenters. The van der Waals surface area contributed by atoms with Crippen molar-refractivity contribution in [2.45, 2.75) is 31.1 Å². The molecule has 4 aromatic rings. The number of para-hydroxylation sites is 1. The van der Waals surface area contributed by atoms with E-state index < -0.39 is 0 Å². The molecule has 0 aliphatic carbocycles. The smallest absolute Gasteiger partial charge is 0.240 e. The first-order chi connectivity index (χ1) is 21.1. The number of thioether (sulfide) groups is 1. The lowest BCUT2D eigenvalue weighted by molar-refractivity contribution is -0.123. The maximum absolute atomic E-state index is 14.0. The molecule has 2 amide bonds. The molecule has 0 saturated carbocycles. The number of aromatic nitrogens is 2. The Balaban J connectivity index is 1.39. The van der Waals surface area contributed by atoms with Gasteiger partial charge in [0.1, 0.15) is 12.4 Å². The fourth-order valence-corrected chi connectivity index (χ4v) is 7.06. The van der Waals surface area contributed by atoms with E-state index in [1.165, 1.54) is 11.8 Å². The summed E-state index contributed by atoms with van der Waals surface area (Å²) in [4.78, 5) is 28.9.